The number of halogens is 4. The van der Waals surface area contributed by atoms with Crippen LogP contribution in [0.5, 0.6) is 0 Å². The minimum Gasteiger partial charge on any atom is -0.393 e. The second-order valence-electron chi connectivity index (χ2n) is 5.75. The van der Waals surface area contributed by atoms with Gasteiger partial charge in [-0.2, -0.15) is 13.2 Å². The van der Waals surface area contributed by atoms with Gasteiger partial charge in [0.15, 0.2) is 5.01 Å². The Morgan fingerprint density at radius 1 is 1.33 bits per heavy atom. The zero-order valence-electron chi connectivity index (χ0n) is 12.5. The Labute approximate surface area is 145 Å². The van der Waals surface area contributed by atoms with E-state index < -0.39 is 11.2 Å². The van der Waals surface area contributed by atoms with Gasteiger partial charge in [0, 0.05) is 28.9 Å². The third-order valence-corrected chi connectivity index (χ3v) is 4.99. The van der Waals surface area contributed by atoms with E-state index in [9.17, 15) is 18.3 Å². The van der Waals surface area contributed by atoms with E-state index in [0.717, 1.165) is 19.3 Å². The highest BCUT2D eigenvalue weighted by molar-refractivity contribution is 7.10. The van der Waals surface area contributed by atoms with Gasteiger partial charge in [-0.25, -0.2) is 9.97 Å². The van der Waals surface area contributed by atoms with Gasteiger partial charge in [0.25, 0.3) is 0 Å². The van der Waals surface area contributed by atoms with Crippen molar-refractivity contribution in [2.75, 3.05) is 5.32 Å². The van der Waals surface area contributed by atoms with E-state index in [-0.39, 0.29) is 23.0 Å². The molecule has 4 nitrogen and oxygen atoms in total. The van der Waals surface area contributed by atoms with Crippen LogP contribution in [0.25, 0.3) is 11.3 Å². The average molecular weight is 378 g/mol. The maximum Gasteiger partial charge on any atom is 0.443 e. The van der Waals surface area contributed by atoms with Gasteiger partial charge in [-0.15, -0.1) is 11.3 Å². The van der Waals surface area contributed by atoms with Gasteiger partial charge >= 0.3 is 6.18 Å². The molecule has 2 atom stereocenters. The highest BCUT2D eigenvalue weighted by atomic mass is 35.5. The number of nitrogens with zero attached hydrogens (tertiary/aromatic N) is 2. The lowest BCUT2D eigenvalue weighted by molar-refractivity contribution is -0.137. The van der Waals surface area contributed by atoms with Gasteiger partial charge in [-0.1, -0.05) is 11.6 Å². The Kier molecular flexibility index (Phi) is 4.98. The number of aromatic nitrogens is 2. The second kappa shape index (κ2) is 6.85. The molecule has 0 radical (unpaired) electrons. The van der Waals surface area contributed by atoms with Crippen LogP contribution in [-0.4, -0.2) is 27.2 Å². The molecule has 0 bridgehead atoms. The molecule has 0 amide bonds. The molecule has 9 heteroatoms. The lowest BCUT2D eigenvalue weighted by atomic mass is 9.92. The summed E-state index contributed by atoms with van der Waals surface area (Å²) in [4.78, 5) is 7.63. The number of hydrogen-bond donors (Lipinski definition) is 2. The second-order valence-corrected chi connectivity index (χ2v) is 7.00. The molecule has 0 aromatic carbocycles. The van der Waals surface area contributed by atoms with Crippen LogP contribution >= 0.6 is 22.9 Å². The first-order chi connectivity index (χ1) is 11.3. The summed E-state index contributed by atoms with van der Waals surface area (Å²) in [5, 5.41) is 13.7. The SMILES string of the molecule is O[C@H]1CCC[C@@H](Nc2cc(Cl)ncc2-c2csc(C(F)(F)F)n2)C1. The monoisotopic (exact) mass is 377 g/mol. The highest BCUT2D eigenvalue weighted by Crippen LogP contribution is 2.37. The summed E-state index contributed by atoms with van der Waals surface area (Å²) in [5.41, 5.74) is 1.25. The standard InChI is InChI=1S/C15H15ClF3N3OS/c16-13-5-11(21-8-2-1-3-9(23)4-8)10(6-20-13)12-7-24-14(22-12)15(17,18)19/h5-9,23H,1-4H2,(H,20,21)/t8-,9+/m1/s1. The zero-order valence-corrected chi connectivity index (χ0v) is 14.0. The first-order valence-electron chi connectivity index (χ1n) is 7.46. The molecule has 130 valence electrons. The third kappa shape index (κ3) is 3.99. The Bertz CT molecular complexity index is 722. The predicted molar refractivity (Wildman–Crippen MR) is 87.2 cm³/mol. The number of thiazole rings is 1. The Morgan fingerprint density at radius 2 is 2.12 bits per heavy atom. The fourth-order valence-electron chi connectivity index (χ4n) is 2.80. The normalized spacial score (nSPS) is 21.7. The Balaban J connectivity index is 1.89. The van der Waals surface area contributed by atoms with Crippen LogP contribution in [0.4, 0.5) is 18.9 Å². The summed E-state index contributed by atoms with van der Waals surface area (Å²) >= 11 is 6.48. The van der Waals surface area contributed by atoms with Gasteiger partial charge < -0.3 is 10.4 Å². The molecule has 2 aromatic rings. The summed E-state index contributed by atoms with van der Waals surface area (Å²) < 4.78 is 38.3. The smallest absolute Gasteiger partial charge is 0.393 e. The van der Waals surface area contributed by atoms with Crippen LogP contribution in [0.1, 0.15) is 30.7 Å². The van der Waals surface area contributed by atoms with Crippen molar-refractivity contribution in [1.29, 1.82) is 0 Å². The molecule has 1 fully saturated rings. The van der Waals surface area contributed by atoms with Crippen molar-refractivity contribution in [3.8, 4) is 11.3 Å². The molecule has 2 heterocycles. The molecule has 1 aliphatic rings. The topological polar surface area (TPSA) is 58.0 Å². The van der Waals surface area contributed by atoms with E-state index in [0.29, 0.717) is 29.0 Å². The molecule has 1 aliphatic carbocycles. The number of hydrogen-bond acceptors (Lipinski definition) is 5. The fourth-order valence-corrected chi connectivity index (χ4v) is 3.64. The number of anilines is 1. The van der Waals surface area contributed by atoms with E-state index in [1.54, 1.807) is 6.07 Å². The van der Waals surface area contributed by atoms with Gasteiger partial charge in [0.05, 0.1) is 11.8 Å². The fraction of sp³-hybridized carbons (Fsp3) is 0.467. The average Bonchev–Trinajstić information content (AvgIpc) is 2.97. The van der Waals surface area contributed by atoms with Crippen LogP contribution in [0.15, 0.2) is 17.6 Å². The van der Waals surface area contributed by atoms with E-state index in [1.807, 2.05) is 0 Å². The zero-order chi connectivity index (χ0) is 17.3. The van der Waals surface area contributed by atoms with Crippen molar-refractivity contribution in [3.63, 3.8) is 0 Å². The van der Waals surface area contributed by atoms with Crippen LogP contribution in [0, 0.1) is 0 Å². The number of aliphatic hydroxyl groups is 1. The number of rotatable bonds is 3. The predicted octanol–water partition coefficient (Wildman–Crippen LogP) is 4.59. The minimum atomic E-state index is -4.47. The molecule has 0 spiro atoms. The largest absolute Gasteiger partial charge is 0.443 e. The van der Waals surface area contributed by atoms with Gasteiger partial charge in [0.2, 0.25) is 0 Å². The van der Waals surface area contributed by atoms with E-state index in [2.05, 4.69) is 15.3 Å². The molecular weight excluding hydrogens is 363 g/mol. The Hall–Kier alpha value is -1.38. The van der Waals surface area contributed by atoms with Crippen molar-refractivity contribution < 1.29 is 18.3 Å². The van der Waals surface area contributed by atoms with Gasteiger partial charge in [-0.05, 0) is 31.7 Å². The van der Waals surface area contributed by atoms with Crippen molar-refractivity contribution in [3.05, 3.63) is 27.8 Å². The van der Waals surface area contributed by atoms with E-state index in [1.165, 1.54) is 11.6 Å². The summed E-state index contributed by atoms with van der Waals surface area (Å²) in [6.45, 7) is 0. The molecular formula is C15H15ClF3N3OS. The highest BCUT2D eigenvalue weighted by Gasteiger charge is 2.35. The molecule has 2 N–H and O–H groups in total. The summed E-state index contributed by atoms with van der Waals surface area (Å²) in [6, 6.07) is 1.61. The van der Waals surface area contributed by atoms with E-state index >= 15 is 0 Å². The number of alkyl halides is 3. The van der Waals surface area contributed by atoms with Gasteiger partial charge in [-0.3, -0.25) is 0 Å². The first-order valence-corrected chi connectivity index (χ1v) is 8.72. The minimum absolute atomic E-state index is 0.0340. The number of nitrogens with one attached hydrogen (secondary N) is 1. The van der Waals surface area contributed by atoms with Gasteiger partial charge in [0.1, 0.15) is 5.15 Å². The molecule has 0 aliphatic heterocycles. The molecule has 0 unspecified atom stereocenters. The first kappa shape index (κ1) is 17.4. The molecule has 2 aromatic heterocycles. The van der Waals surface area contributed by atoms with Crippen LogP contribution in [-0.2, 0) is 6.18 Å². The molecule has 3 rings (SSSR count). The van der Waals surface area contributed by atoms with Crippen LogP contribution in [0.2, 0.25) is 5.15 Å². The van der Waals surface area contributed by atoms with Crippen molar-refractivity contribution in [2.45, 2.75) is 44.0 Å². The van der Waals surface area contributed by atoms with Crippen molar-refractivity contribution in [2.24, 2.45) is 0 Å². The molecule has 24 heavy (non-hydrogen) atoms. The maximum atomic E-state index is 12.8. The number of pyridine rings is 1. The molecule has 0 saturated heterocycles. The maximum absolute atomic E-state index is 12.8. The quantitative estimate of drug-likeness (QED) is 0.768. The van der Waals surface area contributed by atoms with Crippen LogP contribution in [0.3, 0.4) is 0 Å². The lowest BCUT2D eigenvalue weighted by Gasteiger charge is -2.28. The van der Waals surface area contributed by atoms with Crippen molar-refractivity contribution >= 4 is 28.6 Å². The van der Waals surface area contributed by atoms with Crippen LogP contribution < -0.4 is 5.32 Å². The summed E-state index contributed by atoms with van der Waals surface area (Å²) in [6.07, 6.45) is -0.298. The van der Waals surface area contributed by atoms with E-state index in [4.69, 9.17) is 11.6 Å². The molecule has 1 saturated carbocycles. The Morgan fingerprint density at radius 3 is 2.79 bits per heavy atom. The number of aliphatic hydroxyl groups excluding tert-OH is 1. The van der Waals surface area contributed by atoms with Crippen molar-refractivity contribution in [1.82, 2.24) is 9.97 Å². The summed E-state index contributed by atoms with van der Waals surface area (Å²) in [5.74, 6) is 0. The summed E-state index contributed by atoms with van der Waals surface area (Å²) in [7, 11) is 0. The lowest BCUT2D eigenvalue weighted by Crippen LogP contribution is -2.30. The third-order valence-electron chi connectivity index (χ3n) is 3.90.